The van der Waals surface area contributed by atoms with Crippen molar-refractivity contribution in [1.82, 2.24) is 4.98 Å². The summed E-state index contributed by atoms with van der Waals surface area (Å²) in [5.41, 5.74) is 0.462. The Balaban J connectivity index is 1.81. The molecular formula is C16H21NO3. The van der Waals surface area contributed by atoms with Gasteiger partial charge in [-0.25, -0.2) is 4.79 Å². The van der Waals surface area contributed by atoms with Crippen molar-refractivity contribution in [2.75, 3.05) is 0 Å². The Labute approximate surface area is 119 Å². The van der Waals surface area contributed by atoms with Gasteiger partial charge in [0.1, 0.15) is 6.10 Å². The average Bonchev–Trinajstić information content (AvgIpc) is 3.16. The zero-order valence-electron chi connectivity index (χ0n) is 12.1. The van der Waals surface area contributed by atoms with Crippen molar-refractivity contribution in [3.63, 3.8) is 0 Å². The van der Waals surface area contributed by atoms with Crippen molar-refractivity contribution in [2.24, 2.45) is 23.2 Å². The van der Waals surface area contributed by atoms with Gasteiger partial charge < -0.3 is 9.84 Å². The number of rotatable bonds is 3. The van der Waals surface area contributed by atoms with Crippen LogP contribution >= 0.6 is 0 Å². The van der Waals surface area contributed by atoms with Crippen LogP contribution in [-0.2, 0) is 4.74 Å². The summed E-state index contributed by atoms with van der Waals surface area (Å²) in [5, 5.41) is 10.4. The van der Waals surface area contributed by atoms with E-state index in [0.717, 1.165) is 6.42 Å². The maximum Gasteiger partial charge on any atom is 0.338 e. The highest BCUT2D eigenvalue weighted by Gasteiger charge is 2.72. The van der Waals surface area contributed by atoms with Crippen molar-refractivity contribution in [2.45, 2.75) is 39.4 Å². The van der Waals surface area contributed by atoms with Gasteiger partial charge in [0.2, 0.25) is 0 Å². The minimum absolute atomic E-state index is 0.0263. The fraction of sp³-hybridized carbons (Fsp3) is 0.625. The lowest BCUT2D eigenvalue weighted by atomic mass is 9.87. The molecule has 1 N–H and O–H groups in total. The summed E-state index contributed by atoms with van der Waals surface area (Å²) < 4.78 is 5.68. The van der Waals surface area contributed by atoms with Gasteiger partial charge in [-0.05, 0) is 36.3 Å². The molecule has 4 heteroatoms. The smallest absolute Gasteiger partial charge is 0.338 e. The van der Waals surface area contributed by atoms with Gasteiger partial charge in [-0.2, -0.15) is 0 Å². The molecule has 4 nitrogen and oxygen atoms in total. The van der Waals surface area contributed by atoms with Crippen molar-refractivity contribution >= 4 is 5.97 Å². The van der Waals surface area contributed by atoms with E-state index in [1.165, 1.54) is 0 Å². The number of carbonyl (C=O) groups is 1. The summed E-state index contributed by atoms with van der Waals surface area (Å²) in [7, 11) is 0. The number of esters is 1. The van der Waals surface area contributed by atoms with Gasteiger partial charge in [0, 0.05) is 17.8 Å². The zero-order valence-corrected chi connectivity index (χ0v) is 12.1. The van der Waals surface area contributed by atoms with E-state index in [-0.39, 0.29) is 23.4 Å². The second-order valence-corrected chi connectivity index (χ2v) is 6.49. The number of aliphatic hydroxyl groups is 1. The van der Waals surface area contributed by atoms with Crippen LogP contribution in [0.15, 0.2) is 24.5 Å². The minimum atomic E-state index is -0.554. The third kappa shape index (κ3) is 1.78. The number of aliphatic hydroxyl groups excluding tert-OH is 1. The fourth-order valence-electron chi connectivity index (χ4n) is 4.00. The first kappa shape index (κ1) is 13.6. The van der Waals surface area contributed by atoms with E-state index in [2.05, 4.69) is 25.8 Å². The van der Waals surface area contributed by atoms with E-state index < -0.39 is 6.10 Å². The monoisotopic (exact) mass is 275 g/mol. The molecule has 4 unspecified atom stereocenters. The molecule has 1 heterocycles. The normalized spacial score (nSPS) is 38.6. The molecule has 0 aromatic carbocycles. The fourth-order valence-corrected chi connectivity index (χ4v) is 4.00. The molecule has 3 rings (SSSR count). The number of aromatic nitrogens is 1. The van der Waals surface area contributed by atoms with Crippen LogP contribution in [0.3, 0.4) is 0 Å². The maximum atomic E-state index is 12.2. The molecule has 2 aliphatic rings. The first-order valence-corrected chi connectivity index (χ1v) is 7.27. The molecular weight excluding hydrogens is 254 g/mol. The molecule has 5 atom stereocenters. The largest absolute Gasteiger partial charge is 0.455 e. The van der Waals surface area contributed by atoms with Crippen LogP contribution in [0.4, 0.5) is 0 Å². The first-order chi connectivity index (χ1) is 9.48. The van der Waals surface area contributed by atoms with Gasteiger partial charge in [0.15, 0.2) is 0 Å². The average molecular weight is 275 g/mol. The number of ether oxygens (including phenoxy) is 1. The minimum Gasteiger partial charge on any atom is -0.455 e. The summed E-state index contributed by atoms with van der Waals surface area (Å²) in [6.45, 7) is 6.36. The van der Waals surface area contributed by atoms with E-state index in [4.69, 9.17) is 4.74 Å². The number of pyridine rings is 1. The van der Waals surface area contributed by atoms with Crippen LogP contribution in [-0.4, -0.2) is 28.3 Å². The Morgan fingerprint density at radius 2 is 2.10 bits per heavy atom. The number of carbonyl (C=O) groups excluding carboxylic acids is 1. The number of hydrogen-bond acceptors (Lipinski definition) is 4. The van der Waals surface area contributed by atoms with Crippen molar-refractivity contribution in [1.29, 1.82) is 0 Å². The topological polar surface area (TPSA) is 59.4 Å². The molecule has 0 aliphatic heterocycles. The van der Waals surface area contributed by atoms with Crippen LogP contribution in [0.2, 0.25) is 0 Å². The number of nitrogens with zero attached hydrogens (tertiary/aromatic N) is 1. The van der Waals surface area contributed by atoms with Crippen molar-refractivity contribution in [3.05, 3.63) is 30.1 Å². The quantitative estimate of drug-likeness (QED) is 0.860. The molecule has 0 bridgehead atoms. The van der Waals surface area contributed by atoms with Crippen molar-refractivity contribution < 1.29 is 14.6 Å². The Morgan fingerprint density at radius 1 is 1.45 bits per heavy atom. The van der Waals surface area contributed by atoms with Gasteiger partial charge in [-0.15, -0.1) is 0 Å². The van der Waals surface area contributed by atoms with Gasteiger partial charge in [-0.3, -0.25) is 4.98 Å². The third-order valence-corrected chi connectivity index (χ3v) is 5.34. The number of fused-ring (bicyclic) bond motifs is 1. The Morgan fingerprint density at radius 3 is 2.70 bits per heavy atom. The summed E-state index contributed by atoms with van der Waals surface area (Å²) in [6, 6.07) is 3.28. The van der Waals surface area contributed by atoms with Gasteiger partial charge in [0.25, 0.3) is 0 Å². The van der Waals surface area contributed by atoms with Crippen LogP contribution < -0.4 is 0 Å². The summed E-state index contributed by atoms with van der Waals surface area (Å²) in [5.74, 6) is 0.721. The van der Waals surface area contributed by atoms with E-state index >= 15 is 0 Å². The summed E-state index contributed by atoms with van der Waals surface area (Å²) >= 11 is 0. The Hall–Kier alpha value is -1.42. The molecule has 2 fully saturated rings. The van der Waals surface area contributed by atoms with Crippen molar-refractivity contribution in [3.8, 4) is 0 Å². The Kier molecular flexibility index (Phi) is 3.09. The van der Waals surface area contributed by atoms with Gasteiger partial charge >= 0.3 is 5.97 Å². The second kappa shape index (κ2) is 4.55. The molecule has 0 amide bonds. The molecule has 1 aromatic rings. The SMILES string of the molecule is CC1C2CC2(C(C)C)C(OC(=O)c2ccncc2)[C@H]1O. The van der Waals surface area contributed by atoms with Gasteiger partial charge in [-0.1, -0.05) is 20.8 Å². The lowest BCUT2D eigenvalue weighted by Gasteiger charge is -2.29. The molecule has 0 radical (unpaired) electrons. The summed E-state index contributed by atoms with van der Waals surface area (Å²) in [6.07, 6.45) is 3.26. The molecule has 108 valence electrons. The number of hydrogen-bond donors (Lipinski definition) is 1. The lowest BCUT2D eigenvalue weighted by Crippen LogP contribution is -2.39. The molecule has 2 saturated carbocycles. The third-order valence-electron chi connectivity index (χ3n) is 5.34. The van der Waals surface area contributed by atoms with E-state index in [0.29, 0.717) is 17.4 Å². The van der Waals surface area contributed by atoms with Gasteiger partial charge in [0.05, 0.1) is 11.7 Å². The predicted molar refractivity (Wildman–Crippen MR) is 74.0 cm³/mol. The zero-order chi connectivity index (χ0) is 14.5. The van der Waals surface area contributed by atoms with Crippen LogP contribution in [0.1, 0.15) is 37.6 Å². The summed E-state index contributed by atoms with van der Waals surface area (Å²) in [4.78, 5) is 16.1. The highest BCUT2D eigenvalue weighted by Crippen LogP contribution is 2.70. The van der Waals surface area contributed by atoms with Crippen LogP contribution in [0, 0.1) is 23.2 Å². The highest BCUT2D eigenvalue weighted by atomic mass is 16.6. The standard InChI is InChI=1S/C16H21NO3/c1-9(2)16-8-12(16)10(3)13(18)14(16)20-15(19)11-4-6-17-7-5-11/h4-7,9-10,12-14,18H,8H2,1-3H3/t10?,12?,13-,14?,16?/m0/s1. The Bertz CT molecular complexity index is 516. The molecule has 1 aromatic heterocycles. The molecule has 0 saturated heterocycles. The maximum absolute atomic E-state index is 12.2. The van der Waals surface area contributed by atoms with Crippen LogP contribution in [0.25, 0.3) is 0 Å². The van der Waals surface area contributed by atoms with Crippen LogP contribution in [0.5, 0.6) is 0 Å². The predicted octanol–water partition coefficient (Wildman–Crippen LogP) is 2.28. The lowest BCUT2D eigenvalue weighted by molar-refractivity contribution is -0.0512. The molecule has 20 heavy (non-hydrogen) atoms. The second-order valence-electron chi connectivity index (χ2n) is 6.49. The van der Waals surface area contributed by atoms with E-state index in [9.17, 15) is 9.90 Å². The van der Waals surface area contributed by atoms with E-state index in [1.807, 2.05) is 0 Å². The molecule has 0 spiro atoms. The molecule has 2 aliphatic carbocycles. The highest BCUT2D eigenvalue weighted by molar-refractivity contribution is 5.89. The van der Waals surface area contributed by atoms with E-state index in [1.54, 1.807) is 24.5 Å². The first-order valence-electron chi connectivity index (χ1n) is 7.27.